The fourth-order valence-corrected chi connectivity index (χ4v) is 3.65. The Kier molecular flexibility index (Phi) is 8.98. The fraction of sp³-hybridized carbons (Fsp3) is 0.348. The predicted molar refractivity (Wildman–Crippen MR) is 124 cm³/mol. The quantitative estimate of drug-likeness (QED) is 0.533. The van der Waals surface area contributed by atoms with Gasteiger partial charge in [0.1, 0.15) is 22.5 Å². The molecule has 2 aromatic rings. The third kappa shape index (κ3) is 8.23. The number of carbonyl (C=O) groups is 3. The van der Waals surface area contributed by atoms with Crippen LogP contribution in [0.15, 0.2) is 42.5 Å². The zero-order valence-electron chi connectivity index (χ0n) is 19.0. The number of alkyl carbamates (subject to hydrolysis) is 1. The number of rotatable bonds is 9. The van der Waals surface area contributed by atoms with Crippen LogP contribution in [0.4, 0.5) is 10.5 Å². The number of benzene rings is 2. The lowest BCUT2D eigenvalue weighted by molar-refractivity contribution is -0.118. The molecule has 0 saturated heterocycles. The molecule has 2 N–H and O–H groups in total. The van der Waals surface area contributed by atoms with Gasteiger partial charge in [0, 0.05) is 11.9 Å². The minimum atomic E-state index is -3.38. The van der Waals surface area contributed by atoms with Gasteiger partial charge in [-0.1, -0.05) is 30.3 Å². The van der Waals surface area contributed by atoms with Gasteiger partial charge in [0.2, 0.25) is 5.91 Å². The summed E-state index contributed by atoms with van der Waals surface area (Å²) in [6.45, 7) is 3.52. The van der Waals surface area contributed by atoms with Crippen LogP contribution in [0.25, 0.3) is 0 Å². The summed E-state index contributed by atoms with van der Waals surface area (Å²) in [5, 5.41) is 5.06. The van der Waals surface area contributed by atoms with E-state index in [0.717, 1.165) is 17.4 Å². The van der Waals surface area contributed by atoms with Crippen LogP contribution in [0.1, 0.15) is 33.5 Å². The van der Waals surface area contributed by atoms with Gasteiger partial charge < -0.3 is 20.1 Å². The van der Waals surface area contributed by atoms with E-state index >= 15 is 0 Å². The van der Waals surface area contributed by atoms with E-state index < -0.39 is 33.8 Å². The topological polar surface area (TPSA) is 128 Å². The van der Waals surface area contributed by atoms with Gasteiger partial charge in [0.15, 0.2) is 0 Å². The van der Waals surface area contributed by atoms with E-state index in [4.69, 9.17) is 9.47 Å². The Morgan fingerprint density at radius 1 is 1.06 bits per heavy atom. The zero-order chi connectivity index (χ0) is 24.6. The number of hydrogen-bond donors (Lipinski definition) is 2. The molecule has 2 rings (SSSR count). The molecule has 0 aliphatic heterocycles. The second-order valence-corrected chi connectivity index (χ2v) is 9.88. The Morgan fingerprint density at radius 3 is 2.33 bits per heavy atom. The minimum absolute atomic E-state index is 0.00721. The molecule has 0 saturated carbocycles. The van der Waals surface area contributed by atoms with Crippen molar-refractivity contribution in [3.8, 4) is 0 Å². The zero-order valence-corrected chi connectivity index (χ0v) is 19.8. The molecule has 178 valence electrons. The first-order chi connectivity index (χ1) is 15.5. The molecular formula is C23H28N2O7S. The maximum absolute atomic E-state index is 12.9. The molecule has 0 fully saturated rings. The minimum Gasteiger partial charge on any atom is -0.465 e. The summed E-state index contributed by atoms with van der Waals surface area (Å²) < 4.78 is 33.2. The first kappa shape index (κ1) is 25.9. The molecule has 1 unspecified atom stereocenters. The van der Waals surface area contributed by atoms with E-state index in [-0.39, 0.29) is 24.3 Å². The summed E-state index contributed by atoms with van der Waals surface area (Å²) in [6.07, 6.45) is 0.0319. The number of nitrogens with one attached hydrogen (secondary N) is 2. The summed E-state index contributed by atoms with van der Waals surface area (Å²) in [7, 11) is -2.13. The molecule has 0 aliphatic rings. The molecule has 0 radical (unpaired) electrons. The van der Waals surface area contributed by atoms with Crippen LogP contribution < -0.4 is 10.6 Å². The third-order valence-electron chi connectivity index (χ3n) is 4.94. The van der Waals surface area contributed by atoms with E-state index in [1.807, 2.05) is 6.07 Å². The lowest BCUT2D eigenvalue weighted by Gasteiger charge is -2.19. The molecular weight excluding hydrogens is 448 g/mol. The normalized spacial score (nSPS) is 11.9. The molecule has 0 heterocycles. The van der Waals surface area contributed by atoms with Crippen molar-refractivity contribution in [3.05, 3.63) is 64.7 Å². The van der Waals surface area contributed by atoms with Gasteiger partial charge in [-0.3, -0.25) is 4.79 Å². The first-order valence-electron chi connectivity index (χ1n) is 10.2. The first-order valence-corrected chi connectivity index (χ1v) is 12.2. The second kappa shape index (κ2) is 11.5. The number of sulfone groups is 1. The standard InChI is InChI=1S/C23H28N2O7S/c1-15-12-18(13-19(16(15)2)22(27)31-3)24-21(26)20(10-11-33(4,29)30)25-23(28)32-14-17-8-6-5-7-9-17/h5-9,12-13,20H,10-11,14H2,1-4H3,(H,24,26)(H,25,28). The van der Waals surface area contributed by atoms with Crippen molar-refractivity contribution in [2.75, 3.05) is 24.4 Å². The van der Waals surface area contributed by atoms with Crippen LogP contribution in [-0.4, -0.2) is 51.5 Å². The summed E-state index contributed by atoms with van der Waals surface area (Å²) in [6, 6.07) is 10.9. The number of ether oxygens (including phenoxy) is 2. The van der Waals surface area contributed by atoms with Gasteiger partial charge in [0.25, 0.3) is 0 Å². The number of methoxy groups -OCH3 is 1. The van der Waals surface area contributed by atoms with Crippen molar-refractivity contribution in [2.24, 2.45) is 0 Å². The Hall–Kier alpha value is -3.40. The van der Waals surface area contributed by atoms with Crippen LogP contribution >= 0.6 is 0 Å². The average Bonchev–Trinajstić information content (AvgIpc) is 2.76. The Labute approximate surface area is 193 Å². The monoisotopic (exact) mass is 476 g/mol. The van der Waals surface area contributed by atoms with Crippen molar-refractivity contribution in [2.45, 2.75) is 32.9 Å². The van der Waals surface area contributed by atoms with Gasteiger partial charge in [-0.05, 0) is 49.1 Å². The predicted octanol–water partition coefficient (Wildman–Crippen LogP) is 2.76. The number of hydrogen-bond acceptors (Lipinski definition) is 7. The molecule has 33 heavy (non-hydrogen) atoms. The highest BCUT2D eigenvalue weighted by molar-refractivity contribution is 7.90. The SMILES string of the molecule is COC(=O)c1cc(NC(=O)C(CCS(C)(=O)=O)NC(=O)OCc2ccccc2)cc(C)c1C. The maximum Gasteiger partial charge on any atom is 0.408 e. The lowest BCUT2D eigenvalue weighted by Crippen LogP contribution is -2.45. The van der Waals surface area contributed by atoms with Crippen LogP contribution in [0.2, 0.25) is 0 Å². The number of carbonyl (C=O) groups excluding carboxylic acids is 3. The molecule has 2 aromatic carbocycles. The molecule has 0 spiro atoms. The Morgan fingerprint density at radius 2 is 1.73 bits per heavy atom. The highest BCUT2D eigenvalue weighted by atomic mass is 32.2. The number of amides is 2. The molecule has 0 aliphatic carbocycles. The van der Waals surface area contributed by atoms with E-state index in [0.29, 0.717) is 11.3 Å². The summed E-state index contributed by atoms with van der Waals surface area (Å²) in [4.78, 5) is 37.2. The van der Waals surface area contributed by atoms with Crippen LogP contribution in [-0.2, 0) is 30.7 Å². The van der Waals surface area contributed by atoms with Gasteiger partial charge in [-0.2, -0.15) is 0 Å². The Bertz CT molecular complexity index is 1120. The second-order valence-electron chi connectivity index (χ2n) is 7.62. The molecule has 0 aromatic heterocycles. The highest BCUT2D eigenvalue weighted by Gasteiger charge is 2.24. The van der Waals surface area contributed by atoms with Crippen LogP contribution in [0.5, 0.6) is 0 Å². The largest absolute Gasteiger partial charge is 0.465 e. The average molecular weight is 477 g/mol. The number of anilines is 1. The van der Waals surface area contributed by atoms with Crippen molar-refractivity contribution >= 4 is 33.5 Å². The maximum atomic E-state index is 12.9. The third-order valence-corrected chi connectivity index (χ3v) is 5.92. The van der Waals surface area contributed by atoms with Crippen molar-refractivity contribution in [1.29, 1.82) is 0 Å². The fourth-order valence-electron chi connectivity index (χ4n) is 2.99. The molecule has 2 amide bonds. The summed E-state index contributed by atoms with van der Waals surface area (Å²) >= 11 is 0. The molecule has 10 heteroatoms. The molecule has 9 nitrogen and oxygen atoms in total. The Balaban J connectivity index is 2.15. The van der Waals surface area contributed by atoms with Gasteiger partial charge in [-0.25, -0.2) is 18.0 Å². The lowest BCUT2D eigenvalue weighted by atomic mass is 10.0. The van der Waals surface area contributed by atoms with E-state index in [9.17, 15) is 22.8 Å². The van der Waals surface area contributed by atoms with Gasteiger partial charge >= 0.3 is 12.1 Å². The van der Waals surface area contributed by atoms with Crippen molar-refractivity contribution in [1.82, 2.24) is 5.32 Å². The summed E-state index contributed by atoms with van der Waals surface area (Å²) in [5.41, 5.74) is 2.81. The number of esters is 1. The molecule has 1 atom stereocenters. The highest BCUT2D eigenvalue weighted by Crippen LogP contribution is 2.21. The van der Waals surface area contributed by atoms with E-state index in [1.54, 1.807) is 44.2 Å². The van der Waals surface area contributed by atoms with Gasteiger partial charge in [-0.15, -0.1) is 0 Å². The van der Waals surface area contributed by atoms with Crippen molar-refractivity contribution in [3.63, 3.8) is 0 Å². The van der Waals surface area contributed by atoms with Gasteiger partial charge in [0.05, 0.1) is 18.4 Å². The van der Waals surface area contributed by atoms with E-state index in [2.05, 4.69) is 10.6 Å². The van der Waals surface area contributed by atoms with E-state index in [1.165, 1.54) is 13.2 Å². The van der Waals surface area contributed by atoms with Crippen molar-refractivity contribution < 1.29 is 32.3 Å². The summed E-state index contributed by atoms with van der Waals surface area (Å²) in [5.74, 6) is -1.51. The smallest absolute Gasteiger partial charge is 0.408 e. The number of aryl methyl sites for hydroxylation is 1. The van der Waals surface area contributed by atoms with Crippen LogP contribution in [0.3, 0.4) is 0 Å². The van der Waals surface area contributed by atoms with Crippen LogP contribution in [0, 0.1) is 13.8 Å². The molecule has 0 bridgehead atoms.